The summed E-state index contributed by atoms with van der Waals surface area (Å²) < 4.78 is 5.12. The van der Waals surface area contributed by atoms with E-state index in [1.165, 1.54) is 18.2 Å². The maximum atomic E-state index is 10.4. The van der Waals surface area contributed by atoms with Gasteiger partial charge in [-0.2, -0.15) is 0 Å². The molecule has 1 aromatic carbocycles. The lowest BCUT2D eigenvalue weighted by Crippen LogP contribution is -1.98. The molecule has 0 heterocycles. The molecule has 0 amide bonds. The van der Waals surface area contributed by atoms with E-state index >= 15 is 0 Å². The van der Waals surface area contributed by atoms with Crippen molar-refractivity contribution in [3.05, 3.63) is 33.3 Å². The molecule has 6 heteroatoms. The average Bonchev–Trinajstić information content (AvgIpc) is 2.17. The third-order valence-electron chi connectivity index (χ3n) is 1.62. The number of hydrogen-bond acceptors (Lipinski definition) is 4. The van der Waals surface area contributed by atoms with Crippen LogP contribution in [0.1, 0.15) is 6.42 Å². The Bertz CT molecular complexity index is 380. The molecule has 0 aliphatic carbocycles. The van der Waals surface area contributed by atoms with E-state index in [2.05, 4.69) is 0 Å². The zero-order valence-electron chi connectivity index (χ0n) is 7.68. The van der Waals surface area contributed by atoms with Crippen LogP contribution in [0.3, 0.4) is 0 Å². The van der Waals surface area contributed by atoms with Crippen molar-refractivity contribution in [2.24, 2.45) is 0 Å². The van der Waals surface area contributed by atoms with Gasteiger partial charge in [-0.15, -0.1) is 0 Å². The normalized spacial score (nSPS) is 9.67. The van der Waals surface area contributed by atoms with E-state index in [1.807, 2.05) is 0 Å². The summed E-state index contributed by atoms with van der Waals surface area (Å²) in [5.74, 6) is 0.410. The molecule has 1 rings (SSSR count). The Hall–Kier alpha value is -1.62. The molecule has 0 N–H and O–H groups in total. The van der Waals surface area contributed by atoms with Crippen LogP contribution in [0.25, 0.3) is 0 Å². The standard InChI is InChI=1S/C9H8ClNO4/c10-8-6-7(15-5-1-4-12)2-3-9(8)11(13)14/h2-4,6H,1,5H2. The lowest BCUT2D eigenvalue weighted by atomic mass is 10.3. The fourth-order valence-electron chi connectivity index (χ4n) is 0.950. The highest BCUT2D eigenvalue weighted by atomic mass is 35.5. The van der Waals surface area contributed by atoms with Gasteiger partial charge in [-0.1, -0.05) is 11.6 Å². The topological polar surface area (TPSA) is 69.4 Å². The van der Waals surface area contributed by atoms with Gasteiger partial charge in [-0.05, 0) is 6.07 Å². The molecule has 0 unspecified atom stereocenters. The second kappa shape index (κ2) is 5.31. The first-order chi connectivity index (χ1) is 7.15. The first kappa shape index (κ1) is 11.5. The van der Waals surface area contributed by atoms with E-state index < -0.39 is 4.92 Å². The Morgan fingerprint density at radius 1 is 1.53 bits per heavy atom. The van der Waals surface area contributed by atoms with Crippen molar-refractivity contribution in [3.8, 4) is 5.75 Å². The Morgan fingerprint density at radius 3 is 2.80 bits per heavy atom. The molecule has 5 nitrogen and oxygen atoms in total. The highest BCUT2D eigenvalue weighted by Crippen LogP contribution is 2.28. The van der Waals surface area contributed by atoms with Crippen LogP contribution in [0, 0.1) is 10.1 Å². The summed E-state index contributed by atoms with van der Waals surface area (Å²) in [6.07, 6.45) is 1.00. The number of hydrogen-bond donors (Lipinski definition) is 0. The second-order valence-electron chi connectivity index (χ2n) is 2.67. The van der Waals surface area contributed by atoms with Crippen molar-refractivity contribution in [2.75, 3.05) is 6.61 Å². The highest BCUT2D eigenvalue weighted by Gasteiger charge is 2.12. The summed E-state index contributed by atoms with van der Waals surface area (Å²) in [6, 6.07) is 4.05. The molecule has 0 saturated carbocycles. The van der Waals surface area contributed by atoms with Gasteiger partial charge < -0.3 is 9.53 Å². The van der Waals surface area contributed by atoms with Crippen LogP contribution in [0.5, 0.6) is 5.75 Å². The van der Waals surface area contributed by atoms with E-state index in [0.29, 0.717) is 5.75 Å². The van der Waals surface area contributed by atoms with Gasteiger partial charge in [0.05, 0.1) is 11.5 Å². The van der Waals surface area contributed by atoms with Crippen molar-refractivity contribution in [1.82, 2.24) is 0 Å². The molecule has 0 aromatic heterocycles. The molecular weight excluding hydrogens is 222 g/mol. The predicted molar refractivity (Wildman–Crippen MR) is 54.3 cm³/mol. The van der Waals surface area contributed by atoms with Crippen molar-refractivity contribution in [3.63, 3.8) is 0 Å². The predicted octanol–water partition coefficient (Wildman–Crippen LogP) is 2.22. The number of aldehydes is 1. The first-order valence-electron chi connectivity index (χ1n) is 4.15. The summed E-state index contributed by atoms with van der Waals surface area (Å²) >= 11 is 5.65. The minimum atomic E-state index is -0.572. The number of nitro benzene ring substituents is 1. The van der Waals surface area contributed by atoms with Crippen molar-refractivity contribution < 1.29 is 14.5 Å². The van der Waals surface area contributed by atoms with E-state index in [1.54, 1.807) is 0 Å². The van der Waals surface area contributed by atoms with Crippen molar-refractivity contribution in [2.45, 2.75) is 6.42 Å². The number of nitrogens with zero attached hydrogens (tertiary/aromatic N) is 1. The molecule has 0 bridgehead atoms. The molecule has 0 fully saturated rings. The minimum absolute atomic E-state index is 0.0172. The summed E-state index contributed by atoms with van der Waals surface area (Å²) in [4.78, 5) is 19.9. The zero-order chi connectivity index (χ0) is 11.3. The zero-order valence-corrected chi connectivity index (χ0v) is 8.44. The van der Waals surface area contributed by atoms with Crippen LogP contribution in [0.2, 0.25) is 5.02 Å². The van der Waals surface area contributed by atoms with Crippen LogP contribution in [0.15, 0.2) is 18.2 Å². The SMILES string of the molecule is O=CCCOc1ccc([N+](=O)[O-])c(Cl)c1. The summed E-state index contributed by atoms with van der Waals surface area (Å²) in [5, 5.41) is 10.4. The number of carbonyl (C=O) groups is 1. The van der Waals surface area contributed by atoms with Gasteiger partial charge in [0.25, 0.3) is 5.69 Å². The Kier molecular flexibility index (Phi) is 4.05. The van der Waals surface area contributed by atoms with E-state index in [4.69, 9.17) is 16.3 Å². The molecule has 0 radical (unpaired) electrons. The number of carbonyl (C=O) groups excluding carboxylic acids is 1. The average molecular weight is 230 g/mol. The first-order valence-corrected chi connectivity index (χ1v) is 4.53. The van der Waals surface area contributed by atoms with Gasteiger partial charge in [-0.25, -0.2) is 0 Å². The number of benzene rings is 1. The summed E-state index contributed by atoms with van der Waals surface area (Å²) in [7, 11) is 0. The van der Waals surface area contributed by atoms with Gasteiger partial charge in [0.15, 0.2) is 0 Å². The molecular formula is C9H8ClNO4. The Morgan fingerprint density at radius 2 is 2.27 bits per heavy atom. The number of halogens is 1. The fourth-order valence-corrected chi connectivity index (χ4v) is 1.19. The summed E-state index contributed by atoms with van der Waals surface area (Å²) in [5.41, 5.74) is -0.167. The fraction of sp³-hybridized carbons (Fsp3) is 0.222. The van der Waals surface area contributed by atoms with Gasteiger partial charge in [0.1, 0.15) is 17.1 Å². The monoisotopic (exact) mass is 229 g/mol. The van der Waals surface area contributed by atoms with Crippen molar-refractivity contribution >= 4 is 23.6 Å². The van der Waals surface area contributed by atoms with Crippen LogP contribution in [0.4, 0.5) is 5.69 Å². The maximum absolute atomic E-state index is 10.4. The maximum Gasteiger partial charge on any atom is 0.288 e. The third-order valence-corrected chi connectivity index (χ3v) is 1.92. The van der Waals surface area contributed by atoms with E-state index in [-0.39, 0.29) is 23.7 Å². The Balaban J connectivity index is 2.73. The molecule has 1 aromatic rings. The molecule has 0 aliphatic rings. The van der Waals surface area contributed by atoms with Gasteiger partial charge in [0.2, 0.25) is 0 Å². The molecule has 0 aliphatic heterocycles. The van der Waals surface area contributed by atoms with Gasteiger partial charge in [-0.3, -0.25) is 10.1 Å². The van der Waals surface area contributed by atoms with Crippen molar-refractivity contribution in [1.29, 1.82) is 0 Å². The van der Waals surface area contributed by atoms with E-state index in [0.717, 1.165) is 6.29 Å². The number of ether oxygens (including phenoxy) is 1. The second-order valence-corrected chi connectivity index (χ2v) is 3.08. The van der Waals surface area contributed by atoms with E-state index in [9.17, 15) is 14.9 Å². The quantitative estimate of drug-likeness (QED) is 0.336. The third kappa shape index (κ3) is 3.21. The van der Waals surface area contributed by atoms with Gasteiger partial charge in [0, 0.05) is 18.6 Å². The lowest BCUT2D eigenvalue weighted by molar-refractivity contribution is -0.384. The number of nitro groups is 1. The van der Waals surface area contributed by atoms with Gasteiger partial charge >= 0.3 is 0 Å². The lowest BCUT2D eigenvalue weighted by Gasteiger charge is -2.03. The smallest absolute Gasteiger partial charge is 0.288 e. The number of rotatable bonds is 5. The van der Waals surface area contributed by atoms with Crippen LogP contribution < -0.4 is 4.74 Å². The molecule has 15 heavy (non-hydrogen) atoms. The molecule has 80 valence electrons. The minimum Gasteiger partial charge on any atom is -0.493 e. The summed E-state index contributed by atoms with van der Waals surface area (Å²) in [6.45, 7) is 0.234. The van der Waals surface area contributed by atoms with Crippen LogP contribution >= 0.6 is 11.6 Å². The molecule has 0 atom stereocenters. The highest BCUT2D eigenvalue weighted by molar-refractivity contribution is 6.32. The molecule has 0 spiro atoms. The Labute approximate surface area is 90.8 Å². The largest absolute Gasteiger partial charge is 0.493 e. The molecule has 0 saturated heterocycles. The van der Waals surface area contributed by atoms with Crippen LogP contribution in [-0.2, 0) is 4.79 Å². The van der Waals surface area contributed by atoms with Crippen LogP contribution in [-0.4, -0.2) is 17.8 Å².